The van der Waals surface area contributed by atoms with E-state index < -0.39 is 30.7 Å². The maximum Gasteiger partial charge on any atom is 0.305 e. The van der Waals surface area contributed by atoms with Crippen LogP contribution in [0.2, 0.25) is 0 Å². The molecule has 1 saturated heterocycles. The molecule has 1 heterocycles. The molecule has 0 unspecified atom stereocenters. The van der Waals surface area contributed by atoms with Gasteiger partial charge in [0.1, 0.15) is 31.0 Å². The molecular formula is C57H86O7. The highest BCUT2D eigenvalue weighted by molar-refractivity contribution is 5.69. The molecule has 0 radical (unpaired) electrons. The largest absolute Gasteiger partial charge is 0.463 e. The second kappa shape index (κ2) is 27.1. The van der Waals surface area contributed by atoms with E-state index in [2.05, 4.69) is 168 Å². The van der Waals surface area contributed by atoms with Crippen LogP contribution in [0.4, 0.5) is 0 Å². The first-order valence-electron chi connectivity index (χ1n) is 24.2. The lowest BCUT2D eigenvalue weighted by molar-refractivity contribution is -0.313. The number of unbranched alkanes of at least 4 members (excludes halogenated alkanes) is 4. The van der Waals surface area contributed by atoms with Crippen LogP contribution in [0.1, 0.15) is 160 Å². The number of aliphatic hydroxyl groups is 3. The average molecular weight is 883 g/mol. The van der Waals surface area contributed by atoms with Crippen molar-refractivity contribution >= 4 is 5.97 Å². The molecule has 2 aliphatic carbocycles. The van der Waals surface area contributed by atoms with Crippen molar-refractivity contribution in [2.45, 2.75) is 197 Å². The van der Waals surface area contributed by atoms with Crippen LogP contribution in [0.15, 0.2) is 130 Å². The van der Waals surface area contributed by atoms with Crippen LogP contribution in [-0.2, 0) is 19.0 Å². The van der Waals surface area contributed by atoms with E-state index in [9.17, 15) is 20.1 Å². The molecule has 6 atom stereocenters. The highest BCUT2D eigenvalue weighted by Gasteiger charge is 2.46. The standard InChI is InChI=1S/C57H86O7/c1-40(2)23-16-14-13-15-17-31-51(58)62-39-50-52(59)53(60)54(61)55(64-50)63-47-37-46(8)49(57(11,12)38-47)35-33-44(6)29-21-27-42(4)25-19-18-24-41(3)26-20-28-43(5)32-34-48-45(7)30-22-36-56(48,9)10/h18-21,24-29,32-35,40,47,50,52-55,59-61H,13-17,22-23,30-31,36-39H2,1-12H3/b19-18+,26-20+,27-21+,34-32+,35-33+,41-24+,42-25+,43-28+,44-29+/t47-,50-,52-,53+,54-,55-/m1/s1. The monoisotopic (exact) mass is 883 g/mol. The minimum Gasteiger partial charge on any atom is -0.463 e. The van der Waals surface area contributed by atoms with Gasteiger partial charge in [0.15, 0.2) is 6.29 Å². The Labute approximate surface area is 388 Å². The molecule has 0 aromatic rings. The molecule has 0 amide bonds. The van der Waals surface area contributed by atoms with Crippen molar-refractivity contribution in [1.82, 2.24) is 0 Å². The number of hydrogen-bond donors (Lipinski definition) is 3. The molecule has 0 bridgehead atoms. The lowest BCUT2D eigenvalue weighted by Crippen LogP contribution is -2.60. The highest BCUT2D eigenvalue weighted by Crippen LogP contribution is 2.43. The Morgan fingerprint density at radius 3 is 1.80 bits per heavy atom. The van der Waals surface area contributed by atoms with Gasteiger partial charge >= 0.3 is 5.97 Å². The predicted molar refractivity (Wildman–Crippen MR) is 266 cm³/mol. The maximum atomic E-state index is 12.4. The second-order valence-corrected chi connectivity index (χ2v) is 20.5. The molecule has 356 valence electrons. The smallest absolute Gasteiger partial charge is 0.305 e. The summed E-state index contributed by atoms with van der Waals surface area (Å²) in [5, 5.41) is 32.2. The number of allylic oxidation sites excluding steroid dienone is 21. The van der Waals surface area contributed by atoms with E-state index in [4.69, 9.17) is 14.2 Å². The van der Waals surface area contributed by atoms with Gasteiger partial charge in [-0.25, -0.2) is 0 Å². The summed E-state index contributed by atoms with van der Waals surface area (Å²) in [5.74, 6) is 0.354. The summed E-state index contributed by atoms with van der Waals surface area (Å²) < 4.78 is 17.7. The fraction of sp³-hybridized carbons (Fsp3) is 0.596. The number of rotatable bonds is 22. The minimum absolute atomic E-state index is 0.221. The average Bonchev–Trinajstić information content (AvgIpc) is 3.20. The number of carbonyl (C=O) groups excluding carboxylic acids is 1. The Morgan fingerprint density at radius 2 is 1.23 bits per heavy atom. The molecule has 64 heavy (non-hydrogen) atoms. The lowest BCUT2D eigenvalue weighted by Gasteiger charge is -2.43. The molecule has 3 N–H and O–H groups in total. The van der Waals surface area contributed by atoms with Gasteiger partial charge in [-0.15, -0.1) is 0 Å². The molecule has 7 heteroatoms. The van der Waals surface area contributed by atoms with Crippen LogP contribution in [0.25, 0.3) is 0 Å². The van der Waals surface area contributed by atoms with E-state index in [0.717, 1.165) is 30.4 Å². The molecule has 7 nitrogen and oxygen atoms in total. The van der Waals surface area contributed by atoms with Crippen molar-refractivity contribution in [3.63, 3.8) is 0 Å². The van der Waals surface area contributed by atoms with E-state index in [1.165, 1.54) is 72.0 Å². The van der Waals surface area contributed by atoms with Gasteiger partial charge in [0, 0.05) is 6.42 Å². The zero-order chi connectivity index (χ0) is 47.5. The van der Waals surface area contributed by atoms with Gasteiger partial charge in [-0.05, 0) is 108 Å². The molecular weight excluding hydrogens is 797 g/mol. The van der Waals surface area contributed by atoms with Crippen molar-refractivity contribution in [3.05, 3.63) is 130 Å². The summed E-state index contributed by atoms with van der Waals surface area (Å²) >= 11 is 0. The molecule has 0 aromatic carbocycles. The zero-order valence-electron chi connectivity index (χ0n) is 41.8. The first kappa shape index (κ1) is 54.7. The van der Waals surface area contributed by atoms with Crippen LogP contribution in [0.5, 0.6) is 0 Å². The predicted octanol–water partition coefficient (Wildman–Crippen LogP) is 13.3. The topological polar surface area (TPSA) is 105 Å². The van der Waals surface area contributed by atoms with E-state index in [1.807, 2.05) is 0 Å². The van der Waals surface area contributed by atoms with Crippen LogP contribution < -0.4 is 0 Å². The Morgan fingerprint density at radius 1 is 0.703 bits per heavy atom. The SMILES string of the molecule is CC1=C(/C=C/C(C)=C/C=C/C(C)=C/C=C/C=C(C)/C=C/C=C(C)/C=C/C2=C(C)C[C@@H](O[C@@H]3O[C@H](COC(=O)CCCCCCCC(C)C)[C@@H](O)[C@H](O)[C@H]3O)CC2(C)C)C(C)(C)CCC1. The van der Waals surface area contributed by atoms with E-state index >= 15 is 0 Å². The van der Waals surface area contributed by atoms with Crippen LogP contribution >= 0.6 is 0 Å². The second-order valence-electron chi connectivity index (χ2n) is 20.5. The van der Waals surface area contributed by atoms with Crippen molar-refractivity contribution in [1.29, 1.82) is 0 Å². The quantitative estimate of drug-likeness (QED) is 0.0565. The van der Waals surface area contributed by atoms with Gasteiger partial charge in [0.2, 0.25) is 0 Å². The first-order chi connectivity index (χ1) is 30.2. The number of aliphatic hydroxyl groups excluding tert-OH is 3. The Kier molecular flexibility index (Phi) is 23.2. The fourth-order valence-corrected chi connectivity index (χ4v) is 8.98. The van der Waals surface area contributed by atoms with Gasteiger partial charge < -0.3 is 29.5 Å². The van der Waals surface area contributed by atoms with E-state index in [1.54, 1.807) is 0 Å². The van der Waals surface area contributed by atoms with Crippen molar-refractivity contribution in [2.24, 2.45) is 16.7 Å². The molecule has 1 fully saturated rings. The van der Waals surface area contributed by atoms with Crippen molar-refractivity contribution in [2.75, 3.05) is 6.61 Å². The molecule has 0 aromatic heterocycles. The molecule has 0 saturated carbocycles. The zero-order valence-corrected chi connectivity index (χ0v) is 41.8. The highest BCUT2D eigenvalue weighted by atomic mass is 16.7. The third kappa shape index (κ3) is 19.1. The van der Waals surface area contributed by atoms with Gasteiger partial charge in [-0.1, -0.05) is 192 Å². The summed E-state index contributed by atoms with van der Waals surface area (Å²) in [7, 11) is 0. The number of esters is 1. The summed E-state index contributed by atoms with van der Waals surface area (Å²) in [6.45, 7) is 26.1. The van der Waals surface area contributed by atoms with Crippen molar-refractivity contribution < 1.29 is 34.3 Å². The summed E-state index contributed by atoms with van der Waals surface area (Å²) in [6.07, 6.45) is 34.9. The maximum absolute atomic E-state index is 12.4. The summed E-state index contributed by atoms with van der Waals surface area (Å²) in [6, 6.07) is 0. The number of carbonyl (C=O) groups is 1. The minimum atomic E-state index is -1.49. The van der Waals surface area contributed by atoms with E-state index in [0.29, 0.717) is 25.2 Å². The van der Waals surface area contributed by atoms with Crippen LogP contribution in [0, 0.1) is 16.7 Å². The van der Waals surface area contributed by atoms with E-state index in [-0.39, 0.29) is 29.5 Å². The van der Waals surface area contributed by atoms with Crippen molar-refractivity contribution in [3.8, 4) is 0 Å². The van der Waals surface area contributed by atoms with Crippen LogP contribution in [0.3, 0.4) is 0 Å². The van der Waals surface area contributed by atoms with Crippen LogP contribution in [-0.4, -0.2) is 64.7 Å². The molecule has 3 rings (SSSR count). The summed E-state index contributed by atoms with van der Waals surface area (Å²) in [5.41, 5.74) is 10.1. The number of hydrogen-bond acceptors (Lipinski definition) is 7. The Hall–Kier alpha value is -3.59. The third-order valence-electron chi connectivity index (χ3n) is 12.9. The van der Waals surface area contributed by atoms with Gasteiger partial charge in [0.05, 0.1) is 6.10 Å². The fourth-order valence-electron chi connectivity index (χ4n) is 8.98. The first-order valence-corrected chi connectivity index (χ1v) is 24.2. The normalized spacial score (nSPS) is 26.6. The Bertz CT molecular complexity index is 1850. The molecule has 3 aliphatic rings. The number of ether oxygens (including phenoxy) is 3. The lowest BCUT2D eigenvalue weighted by atomic mass is 9.71. The Balaban J connectivity index is 1.49. The van der Waals surface area contributed by atoms with Gasteiger partial charge in [-0.2, -0.15) is 0 Å². The molecule has 0 spiro atoms. The summed E-state index contributed by atoms with van der Waals surface area (Å²) in [4.78, 5) is 12.4. The van der Waals surface area contributed by atoms with Gasteiger partial charge in [-0.3, -0.25) is 4.79 Å². The van der Waals surface area contributed by atoms with Gasteiger partial charge in [0.25, 0.3) is 0 Å². The molecule has 1 aliphatic heterocycles. The third-order valence-corrected chi connectivity index (χ3v) is 12.9.